The van der Waals surface area contributed by atoms with Gasteiger partial charge in [-0.2, -0.15) is 0 Å². The van der Waals surface area contributed by atoms with Crippen molar-refractivity contribution in [3.63, 3.8) is 0 Å². The topological polar surface area (TPSA) is 0 Å². The highest BCUT2D eigenvalue weighted by molar-refractivity contribution is 9.10. The van der Waals surface area contributed by atoms with Crippen molar-refractivity contribution in [3.05, 3.63) is 28.2 Å². The molecule has 0 saturated heterocycles. The van der Waals surface area contributed by atoms with E-state index in [0.717, 1.165) is 5.92 Å². The molecule has 0 aliphatic rings. The van der Waals surface area contributed by atoms with E-state index in [4.69, 9.17) is 0 Å². The Bertz CT molecular complexity index is 281. The minimum Gasteiger partial charge on any atom is -0.126 e. The second kappa shape index (κ2) is 5.06. The Hall–Kier alpha value is 0.0500. The van der Waals surface area contributed by atoms with Crippen molar-refractivity contribution in [2.45, 2.75) is 25.7 Å². The standard InChI is InChI=1S/C11H15BrS/c1-8(2)7-13-10-5-4-9(3)11(12)6-10/h4-6,8H,7H2,1-3H3. The molecule has 0 N–H and O–H groups in total. The molecule has 1 aromatic rings. The molecule has 0 bridgehead atoms. The van der Waals surface area contributed by atoms with E-state index in [1.54, 1.807) is 0 Å². The van der Waals surface area contributed by atoms with Gasteiger partial charge >= 0.3 is 0 Å². The summed E-state index contributed by atoms with van der Waals surface area (Å²) in [4.78, 5) is 1.35. The molecule has 0 amide bonds. The molecule has 1 aromatic carbocycles. The van der Waals surface area contributed by atoms with Crippen LogP contribution in [0.15, 0.2) is 27.6 Å². The van der Waals surface area contributed by atoms with Gasteiger partial charge in [0.25, 0.3) is 0 Å². The fourth-order valence-corrected chi connectivity index (χ4v) is 2.35. The Balaban J connectivity index is 2.63. The number of halogens is 1. The SMILES string of the molecule is Cc1ccc(SCC(C)C)cc1Br. The molecule has 0 aromatic heterocycles. The summed E-state index contributed by atoms with van der Waals surface area (Å²) in [7, 11) is 0. The summed E-state index contributed by atoms with van der Waals surface area (Å²) in [6, 6.07) is 6.54. The van der Waals surface area contributed by atoms with E-state index in [-0.39, 0.29) is 0 Å². The fourth-order valence-electron chi connectivity index (χ4n) is 0.926. The van der Waals surface area contributed by atoms with Gasteiger partial charge in [-0.3, -0.25) is 0 Å². The van der Waals surface area contributed by atoms with Gasteiger partial charge in [0, 0.05) is 15.1 Å². The second-order valence-electron chi connectivity index (χ2n) is 3.62. The van der Waals surface area contributed by atoms with E-state index >= 15 is 0 Å². The molecule has 0 fully saturated rings. The Morgan fingerprint density at radius 2 is 2.08 bits per heavy atom. The number of hydrogen-bond acceptors (Lipinski definition) is 1. The lowest BCUT2D eigenvalue weighted by molar-refractivity contribution is 0.750. The highest BCUT2D eigenvalue weighted by Gasteiger charge is 1.99. The van der Waals surface area contributed by atoms with Gasteiger partial charge in [0.05, 0.1) is 0 Å². The zero-order valence-corrected chi connectivity index (χ0v) is 10.7. The van der Waals surface area contributed by atoms with Crippen molar-refractivity contribution in [3.8, 4) is 0 Å². The highest BCUT2D eigenvalue weighted by Crippen LogP contribution is 2.25. The summed E-state index contributed by atoms with van der Waals surface area (Å²) in [6.45, 7) is 6.60. The lowest BCUT2D eigenvalue weighted by Gasteiger charge is -2.05. The maximum Gasteiger partial charge on any atom is 0.0215 e. The van der Waals surface area contributed by atoms with Crippen LogP contribution in [0.1, 0.15) is 19.4 Å². The van der Waals surface area contributed by atoms with Crippen LogP contribution in [0, 0.1) is 12.8 Å². The molecular weight excluding hydrogens is 244 g/mol. The van der Waals surface area contributed by atoms with E-state index in [1.807, 2.05) is 11.8 Å². The van der Waals surface area contributed by atoms with E-state index in [0.29, 0.717) is 0 Å². The van der Waals surface area contributed by atoms with Crippen molar-refractivity contribution in [1.29, 1.82) is 0 Å². The Morgan fingerprint density at radius 3 is 2.62 bits per heavy atom. The highest BCUT2D eigenvalue weighted by atomic mass is 79.9. The predicted molar refractivity (Wildman–Crippen MR) is 64.4 cm³/mol. The molecule has 0 radical (unpaired) electrons. The average Bonchev–Trinajstić information content (AvgIpc) is 2.07. The number of benzene rings is 1. The van der Waals surface area contributed by atoms with Crippen LogP contribution in [-0.2, 0) is 0 Å². The molecule has 0 saturated carbocycles. The number of thioether (sulfide) groups is 1. The van der Waals surface area contributed by atoms with Gasteiger partial charge < -0.3 is 0 Å². The van der Waals surface area contributed by atoms with Gasteiger partial charge in [0.2, 0.25) is 0 Å². The van der Waals surface area contributed by atoms with Gasteiger partial charge in [-0.05, 0) is 30.5 Å². The zero-order valence-electron chi connectivity index (χ0n) is 8.30. The van der Waals surface area contributed by atoms with E-state index in [9.17, 15) is 0 Å². The minimum absolute atomic E-state index is 0.755. The Kier molecular flexibility index (Phi) is 4.33. The van der Waals surface area contributed by atoms with Gasteiger partial charge in [0.15, 0.2) is 0 Å². The first-order valence-electron chi connectivity index (χ1n) is 4.48. The van der Waals surface area contributed by atoms with E-state index < -0.39 is 0 Å². The molecule has 0 nitrogen and oxygen atoms in total. The van der Waals surface area contributed by atoms with Crippen molar-refractivity contribution in [1.82, 2.24) is 0 Å². The van der Waals surface area contributed by atoms with E-state index in [1.165, 1.54) is 20.7 Å². The summed E-state index contributed by atoms with van der Waals surface area (Å²) < 4.78 is 1.21. The van der Waals surface area contributed by atoms with Crippen LogP contribution >= 0.6 is 27.7 Å². The average molecular weight is 259 g/mol. The van der Waals surface area contributed by atoms with Crippen molar-refractivity contribution in [2.24, 2.45) is 5.92 Å². The fraction of sp³-hybridized carbons (Fsp3) is 0.455. The number of rotatable bonds is 3. The van der Waals surface area contributed by atoms with Gasteiger partial charge in [-0.15, -0.1) is 11.8 Å². The molecule has 0 unspecified atom stereocenters. The van der Waals surface area contributed by atoms with E-state index in [2.05, 4.69) is 54.9 Å². The molecular formula is C11H15BrS. The minimum atomic E-state index is 0.755. The van der Waals surface area contributed by atoms with Crippen LogP contribution < -0.4 is 0 Å². The largest absolute Gasteiger partial charge is 0.126 e. The summed E-state index contributed by atoms with van der Waals surface area (Å²) in [5, 5.41) is 0. The summed E-state index contributed by atoms with van der Waals surface area (Å²) in [5.41, 5.74) is 1.30. The first kappa shape index (κ1) is 11.1. The molecule has 72 valence electrons. The third-order valence-electron chi connectivity index (χ3n) is 1.73. The first-order valence-corrected chi connectivity index (χ1v) is 6.26. The second-order valence-corrected chi connectivity index (χ2v) is 5.56. The van der Waals surface area contributed by atoms with Crippen LogP contribution in [0.4, 0.5) is 0 Å². The van der Waals surface area contributed by atoms with Crippen LogP contribution in [0.3, 0.4) is 0 Å². The molecule has 0 spiro atoms. The lowest BCUT2D eigenvalue weighted by Crippen LogP contribution is -1.90. The number of hydrogen-bond donors (Lipinski definition) is 0. The van der Waals surface area contributed by atoms with Gasteiger partial charge in [-0.25, -0.2) is 0 Å². The van der Waals surface area contributed by atoms with Crippen molar-refractivity contribution in [2.75, 3.05) is 5.75 Å². The number of aryl methyl sites for hydroxylation is 1. The normalized spacial score (nSPS) is 10.8. The van der Waals surface area contributed by atoms with Crippen LogP contribution in [0.25, 0.3) is 0 Å². The quantitative estimate of drug-likeness (QED) is 0.720. The summed E-state index contributed by atoms with van der Waals surface area (Å²) in [5.74, 6) is 1.94. The lowest BCUT2D eigenvalue weighted by atomic mass is 10.2. The maximum absolute atomic E-state index is 3.54. The van der Waals surface area contributed by atoms with Crippen molar-refractivity contribution >= 4 is 27.7 Å². The molecule has 1 rings (SSSR count). The molecule has 0 aliphatic carbocycles. The Morgan fingerprint density at radius 1 is 1.38 bits per heavy atom. The van der Waals surface area contributed by atoms with Crippen LogP contribution in [-0.4, -0.2) is 5.75 Å². The van der Waals surface area contributed by atoms with Crippen molar-refractivity contribution < 1.29 is 0 Å². The smallest absolute Gasteiger partial charge is 0.0215 e. The summed E-state index contributed by atoms with van der Waals surface area (Å²) >= 11 is 5.46. The first-order chi connectivity index (χ1) is 6.09. The van der Waals surface area contributed by atoms with Crippen LogP contribution in [0.2, 0.25) is 0 Å². The summed E-state index contributed by atoms with van der Waals surface area (Å²) in [6.07, 6.45) is 0. The molecule has 0 atom stereocenters. The van der Waals surface area contributed by atoms with Gasteiger partial charge in [0.1, 0.15) is 0 Å². The Labute approximate surface area is 93.2 Å². The third kappa shape index (κ3) is 3.74. The molecule has 13 heavy (non-hydrogen) atoms. The third-order valence-corrected chi connectivity index (χ3v) is 4.00. The maximum atomic E-state index is 3.54. The molecule has 0 heterocycles. The predicted octanol–water partition coefficient (Wildman–Crippen LogP) is 4.51. The van der Waals surface area contributed by atoms with Gasteiger partial charge in [-0.1, -0.05) is 35.8 Å². The van der Waals surface area contributed by atoms with Crippen LogP contribution in [0.5, 0.6) is 0 Å². The molecule has 2 heteroatoms. The monoisotopic (exact) mass is 258 g/mol. The molecule has 0 aliphatic heterocycles. The zero-order chi connectivity index (χ0) is 9.84.